The molecule has 0 aliphatic heterocycles. The van der Waals surface area contributed by atoms with Gasteiger partial charge in [-0.05, 0) is 19.3 Å². The van der Waals surface area contributed by atoms with E-state index in [9.17, 15) is 5.11 Å². The number of rotatable bonds is 14. The standard InChI is InChI=1S/C16H34O2/c1-2-16(18)14-12-10-8-6-4-3-5-7-9-11-13-15-17/h16-18H,2-15H2,1H3. The third-order valence-electron chi connectivity index (χ3n) is 3.67. The summed E-state index contributed by atoms with van der Waals surface area (Å²) in [5.74, 6) is 0. The van der Waals surface area contributed by atoms with Gasteiger partial charge in [0.15, 0.2) is 0 Å². The van der Waals surface area contributed by atoms with E-state index in [0.717, 1.165) is 19.3 Å². The molecule has 0 heterocycles. The van der Waals surface area contributed by atoms with Crippen molar-refractivity contribution in [2.45, 2.75) is 96.5 Å². The third-order valence-corrected chi connectivity index (χ3v) is 3.67. The highest BCUT2D eigenvalue weighted by Crippen LogP contribution is 2.12. The van der Waals surface area contributed by atoms with E-state index >= 15 is 0 Å². The Kier molecular flexibility index (Phi) is 14.9. The average molecular weight is 258 g/mol. The Morgan fingerprint density at radius 1 is 0.667 bits per heavy atom. The molecule has 0 amide bonds. The maximum absolute atomic E-state index is 9.40. The number of aliphatic hydroxyl groups is 2. The molecule has 0 aromatic carbocycles. The van der Waals surface area contributed by atoms with Crippen LogP contribution in [0.1, 0.15) is 90.4 Å². The van der Waals surface area contributed by atoms with E-state index in [1.807, 2.05) is 6.92 Å². The summed E-state index contributed by atoms with van der Waals surface area (Å²) in [6.45, 7) is 2.40. The molecule has 2 heteroatoms. The second kappa shape index (κ2) is 15.0. The van der Waals surface area contributed by atoms with Crippen LogP contribution in [0.2, 0.25) is 0 Å². The molecule has 18 heavy (non-hydrogen) atoms. The van der Waals surface area contributed by atoms with Crippen LogP contribution in [0.5, 0.6) is 0 Å². The van der Waals surface area contributed by atoms with Gasteiger partial charge < -0.3 is 10.2 Å². The van der Waals surface area contributed by atoms with E-state index in [-0.39, 0.29) is 6.10 Å². The molecule has 0 aliphatic rings. The van der Waals surface area contributed by atoms with Crippen molar-refractivity contribution in [3.8, 4) is 0 Å². The molecule has 0 bridgehead atoms. The van der Waals surface area contributed by atoms with Crippen LogP contribution in [0.3, 0.4) is 0 Å². The molecule has 0 saturated heterocycles. The molecule has 0 aliphatic carbocycles. The minimum absolute atomic E-state index is 0.0658. The summed E-state index contributed by atoms with van der Waals surface area (Å²) >= 11 is 0. The molecule has 110 valence electrons. The van der Waals surface area contributed by atoms with E-state index in [1.165, 1.54) is 64.2 Å². The van der Waals surface area contributed by atoms with Crippen molar-refractivity contribution in [1.82, 2.24) is 0 Å². The lowest BCUT2D eigenvalue weighted by molar-refractivity contribution is 0.156. The van der Waals surface area contributed by atoms with E-state index in [0.29, 0.717) is 6.61 Å². The Morgan fingerprint density at radius 3 is 1.44 bits per heavy atom. The fourth-order valence-corrected chi connectivity index (χ4v) is 2.29. The van der Waals surface area contributed by atoms with Gasteiger partial charge in [-0.2, -0.15) is 0 Å². The molecule has 0 aromatic heterocycles. The van der Waals surface area contributed by atoms with Gasteiger partial charge in [0.05, 0.1) is 6.10 Å². The van der Waals surface area contributed by atoms with Gasteiger partial charge in [0.2, 0.25) is 0 Å². The molecule has 2 N–H and O–H groups in total. The van der Waals surface area contributed by atoms with Crippen LogP contribution in [-0.4, -0.2) is 22.9 Å². The first-order valence-corrected chi connectivity index (χ1v) is 8.10. The van der Waals surface area contributed by atoms with Crippen LogP contribution in [0, 0.1) is 0 Å². The zero-order valence-electron chi connectivity index (χ0n) is 12.4. The number of hydrogen-bond acceptors (Lipinski definition) is 2. The summed E-state index contributed by atoms with van der Waals surface area (Å²) in [7, 11) is 0. The SMILES string of the molecule is CCC(O)CCCCCCCCCCCCCO. The molecule has 1 atom stereocenters. The minimum Gasteiger partial charge on any atom is -0.396 e. The van der Waals surface area contributed by atoms with Gasteiger partial charge in [-0.3, -0.25) is 0 Å². The maximum atomic E-state index is 9.40. The van der Waals surface area contributed by atoms with Crippen LogP contribution < -0.4 is 0 Å². The van der Waals surface area contributed by atoms with Gasteiger partial charge in [0.1, 0.15) is 0 Å². The van der Waals surface area contributed by atoms with Crippen molar-refractivity contribution in [3.63, 3.8) is 0 Å². The summed E-state index contributed by atoms with van der Waals surface area (Å²) in [4.78, 5) is 0. The van der Waals surface area contributed by atoms with Crippen LogP contribution in [0.25, 0.3) is 0 Å². The highest BCUT2D eigenvalue weighted by molar-refractivity contribution is 4.53. The molecule has 0 aromatic rings. The van der Waals surface area contributed by atoms with Crippen LogP contribution >= 0.6 is 0 Å². The zero-order valence-corrected chi connectivity index (χ0v) is 12.4. The minimum atomic E-state index is -0.0658. The van der Waals surface area contributed by atoms with Crippen molar-refractivity contribution in [2.24, 2.45) is 0 Å². The average Bonchev–Trinajstić information content (AvgIpc) is 2.39. The predicted octanol–water partition coefficient (Wildman–Crippen LogP) is 4.43. The summed E-state index contributed by atoms with van der Waals surface area (Å²) < 4.78 is 0. The smallest absolute Gasteiger partial charge is 0.0537 e. The Morgan fingerprint density at radius 2 is 1.06 bits per heavy atom. The summed E-state index contributed by atoms with van der Waals surface area (Å²) in [6, 6.07) is 0. The number of unbranched alkanes of at least 4 members (excludes halogenated alkanes) is 10. The van der Waals surface area contributed by atoms with Gasteiger partial charge in [-0.25, -0.2) is 0 Å². The Hall–Kier alpha value is -0.0800. The monoisotopic (exact) mass is 258 g/mol. The van der Waals surface area contributed by atoms with Crippen LogP contribution in [-0.2, 0) is 0 Å². The Labute approximate surface area is 114 Å². The van der Waals surface area contributed by atoms with E-state index in [4.69, 9.17) is 5.11 Å². The Bertz CT molecular complexity index is 148. The van der Waals surface area contributed by atoms with Crippen LogP contribution in [0.15, 0.2) is 0 Å². The van der Waals surface area contributed by atoms with E-state index in [1.54, 1.807) is 0 Å². The van der Waals surface area contributed by atoms with Gasteiger partial charge in [-0.1, -0.05) is 71.1 Å². The molecule has 0 radical (unpaired) electrons. The number of aliphatic hydroxyl groups excluding tert-OH is 2. The molecule has 1 unspecified atom stereocenters. The summed E-state index contributed by atoms with van der Waals surface area (Å²) in [5, 5.41) is 18.0. The second-order valence-electron chi connectivity index (χ2n) is 5.46. The quantitative estimate of drug-likeness (QED) is 0.452. The first-order valence-electron chi connectivity index (χ1n) is 8.10. The fraction of sp³-hybridized carbons (Fsp3) is 1.00. The molecule has 0 rings (SSSR count). The lowest BCUT2D eigenvalue weighted by Gasteiger charge is -2.06. The van der Waals surface area contributed by atoms with Gasteiger partial charge in [0, 0.05) is 6.61 Å². The van der Waals surface area contributed by atoms with Gasteiger partial charge >= 0.3 is 0 Å². The van der Waals surface area contributed by atoms with Gasteiger partial charge in [0.25, 0.3) is 0 Å². The molecule has 0 spiro atoms. The largest absolute Gasteiger partial charge is 0.396 e. The van der Waals surface area contributed by atoms with E-state index < -0.39 is 0 Å². The highest BCUT2D eigenvalue weighted by Gasteiger charge is 1.99. The van der Waals surface area contributed by atoms with Crippen molar-refractivity contribution in [3.05, 3.63) is 0 Å². The second-order valence-corrected chi connectivity index (χ2v) is 5.46. The third kappa shape index (κ3) is 14.0. The number of hydrogen-bond donors (Lipinski definition) is 2. The van der Waals surface area contributed by atoms with Crippen molar-refractivity contribution < 1.29 is 10.2 Å². The maximum Gasteiger partial charge on any atom is 0.0537 e. The molecular formula is C16H34O2. The highest BCUT2D eigenvalue weighted by atomic mass is 16.3. The van der Waals surface area contributed by atoms with Crippen molar-refractivity contribution >= 4 is 0 Å². The topological polar surface area (TPSA) is 40.5 Å². The first kappa shape index (κ1) is 17.9. The molecule has 2 nitrogen and oxygen atoms in total. The predicted molar refractivity (Wildman–Crippen MR) is 78.8 cm³/mol. The Balaban J connectivity index is 2.94. The molecule has 0 fully saturated rings. The van der Waals surface area contributed by atoms with Crippen molar-refractivity contribution in [1.29, 1.82) is 0 Å². The summed E-state index contributed by atoms with van der Waals surface area (Å²) in [6.07, 6.45) is 15.9. The molecule has 0 saturated carbocycles. The molecular weight excluding hydrogens is 224 g/mol. The van der Waals surface area contributed by atoms with Crippen LogP contribution in [0.4, 0.5) is 0 Å². The summed E-state index contributed by atoms with van der Waals surface area (Å²) in [5.41, 5.74) is 0. The zero-order chi connectivity index (χ0) is 13.5. The first-order chi connectivity index (χ1) is 8.81. The lowest BCUT2D eigenvalue weighted by Crippen LogP contribution is -2.03. The fourth-order valence-electron chi connectivity index (χ4n) is 2.29. The normalized spacial score (nSPS) is 12.8. The lowest BCUT2D eigenvalue weighted by atomic mass is 10.0. The van der Waals surface area contributed by atoms with Gasteiger partial charge in [-0.15, -0.1) is 0 Å². The van der Waals surface area contributed by atoms with E-state index in [2.05, 4.69) is 0 Å². The van der Waals surface area contributed by atoms with Crippen molar-refractivity contribution in [2.75, 3.05) is 6.61 Å².